The van der Waals surface area contributed by atoms with E-state index in [1.165, 1.54) is 18.4 Å². The molecular formula is C9H8N2O2S. The van der Waals surface area contributed by atoms with Crippen LogP contribution in [0.4, 0.5) is 0 Å². The van der Waals surface area contributed by atoms with Gasteiger partial charge in [0.15, 0.2) is 0 Å². The number of methoxy groups -OCH3 is 1. The average molecular weight is 208 g/mol. The number of hydrogen-bond donors (Lipinski definition) is 1. The zero-order valence-electron chi connectivity index (χ0n) is 7.48. The molecule has 14 heavy (non-hydrogen) atoms. The number of aromatic nitrogens is 1. The third-order valence-corrected chi connectivity index (χ3v) is 2.79. The van der Waals surface area contributed by atoms with E-state index in [0.29, 0.717) is 11.3 Å². The zero-order valence-corrected chi connectivity index (χ0v) is 8.30. The van der Waals surface area contributed by atoms with Gasteiger partial charge in [0.05, 0.1) is 22.8 Å². The van der Waals surface area contributed by atoms with E-state index >= 15 is 0 Å². The molecule has 5 heteroatoms. The smallest absolute Gasteiger partial charge is 0.253 e. The van der Waals surface area contributed by atoms with E-state index in [4.69, 9.17) is 10.5 Å². The maximum absolute atomic E-state index is 11.2. The second kappa shape index (κ2) is 3.26. The number of nitrogens with zero attached hydrogens (tertiary/aromatic N) is 1. The van der Waals surface area contributed by atoms with E-state index in [9.17, 15) is 4.79 Å². The Labute approximate surface area is 84.3 Å². The van der Waals surface area contributed by atoms with Crippen LogP contribution in [0.3, 0.4) is 0 Å². The predicted molar refractivity (Wildman–Crippen MR) is 54.7 cm³/mol. The minimum atomic E-state index is -0.489. The predicted octanol–water partition coefficient (Wildman–Crippen LogP) is 1.40. The van der Waals surface area contributed by atoms with Gasteiger partial charge in [-0.25, -0.2) is 4.98 Å². The molecule has 0 saturated carbocycles. The minimum Gasteiger partial charge on any atom is -0.496 e. The fraction of sp³-hybridized carbons (Fsp3) is 0.111. The molecule has 0 radical (unpaired) electrons. The summed E-state index contributed by atoms with van der Waals surface area (Å²) in [4.78, 5) is 15.3. The first-order valence-electron chi connectivity index (χ1n) is 3.94. The molecule has 4 nitrogen and oxygen atoms in total. The van der Waals surface area contributed by atoms with Crippen molar-refractivity contribution in [2.75, 3.05) is 7.11 Å². The number of rotatable bonds is 2. The highest BCUT2D eigenvalue weighted by Crippen LogP contribution is 2.29. The molecule has 1 heterocycles. The minimum absolute atomic E-state index is 0.410. The van der Waals surface area contributed by atoms with Crippen molar-refractivity contribution in [3.05, 3.63) is 23.2 Å². The van der Waals surface area contributed by atoms with Crippen molar-refractivity contribution >= 4 is 27.5 Å². The van der Waals surface area contributed by atoms with E-state index in [1.807, 2.05) is 0 Å². The maximum Gasteiger partial charge on any atom is 0.253 e. The molecule has 0 unspecified atom stereocenters. The molecular weight excluding hydrogens is 200 g/mol. The van der Waals surface area contributed by atoms with E-state index in [1.54, 1.807) is 17.6 Å². The summed E-state index contributed by atoms with van der Waals surface area (Å²) in [7, 11) is 1.51. The van der Waals surface area contributed by atoms with E-state index in [-0.39, 0.29) is 0 Å². The standard InChI is InChI=1S/C9H8N2O2S/c1-13-6-3-2-5-8(14-4-11-5)7(6)9(10)12/h2-4H,1H3,(H2,10,12). The van der Waals surface area contributed by atoms with Crippen molar-refractivity contribution in [2.24, 2.45) is 5.73 Å². The third kappa shape index (κ3) is 1.22. The molecule has 0 aliphatic rings. The fourth-order valence-corrected chi connectivity index (χ4v) is 2.15. The van der Waals surface area contributed by atoms with Gasteiger partial charge in [-0.3, -0.25) is 4.79 Å². The molecule has 1 amide bonds. The van der Waals surface area contributed by atoms with E-state index < -0.39 is 5.91 Å². The van der Waals surface area contributed by atoms with Crippen LogP contribution in [-0.2, 0) is 0 Å². The quantitative estimate of drug-likeness (QED) is 0.811. The number of hydrogen-bond acceptors (Lipinski definition) is 4. The van der Waals surface area contributed by atoms with Crippen molar-refractivity contribution in [2.45, 2.75) is 0 Å². The monoisotopic (exact) mass is 208 g/mol. The SMILES string of the molecule is COc1ccc2ncsc2c1C(N)=O. The lowest BCUT2D eigenvalue weighted by atomic mass is 10.2. The highest BCUT2D eigenvalue weighted by Gasteiger charge is 2.14. The average Bonchev–Trinajstić information content (AvgIpc) is 2.62. The fourth-order valence-electron chi connectivity index (χ4n) is 1.31. The number of primary amides is 1. The Morgan fingerprint density at radius 2 is 2.36 bits per heavy atom. The molecule has 72 valence electrons. The normalized spacial score (nSPS) is 10.4. The van der Waals surface area contributed by atoms with Crippen LogP contribution in [0.1, 0.15) is 10.4 Å². The summed E-state index contributed by atoms with van der Waals surface area (Å²) in [5.41, 5.74) is 8.13. The third-order valence-electron chi connectivity index (χ3n) is 1.93. The number of fused-ring (bicyclic) bond motifs is 1. The van der Waals surface area contributed by atoms with Crippen LogP contribution >= 0.6 is 11.3 Å². The van der Waals surface area contributed by atoms with Crippen LogP contribution in [0, 0.1) is 0 Å². The molecule has 0 atom stereocenters. The maximum atomic E-state index is 11.2. The van der Waals surface area contributed by atoms with Gasteiger partial charge in [-0.1, -0.05) is 0 Å². The molecule has 1 aromatic carbocycles. The summed E-state index contributed by atoms with van der Waals surface area (Å²) >= 11 is 1.38. The Hall–Kier alpha value is -1.62. The van der Waals surface area contributed by atoms with Gasteiger partial charge in [0.25, 0.3) is 5.91 Å². The van der Waals surface area contributed by atoms with E-state index in [2.05, 4.69) is 4.98 Å². The molecule has 1 aromatic heterocycles. The topological polar surface area (TPSA) is 65.2 Å². The van der Waals surface area contributed by atoms with Crippen molar-refractivity contribution in [3.63, 3.8) is 0 Å². The van der Waals surface area contributed by atoms with Gasteiger partial charge in [0.1, 0.15) is 11.3 Å². The van der Waals surface area contributed by atoms with Gasteiger partial charge < -0.3 is 10.5 Å². The van der Waals surface area contributed by atoms with E-state index in [0.717, 1.165) is 10.2 Å². The molecule has 2 N–H and O–H groups in total. The van der Waals surface area contributed by atoms with Gasteiger partial charge in [-0.2, -0.15) is 0 Å². The Bertz CT molecular complexity index is 493. The van der Waals surface area contributed by atoms with Gasteiger partial charge in [-0.15, -0.1) is 11.3 Å². The second-order valence-corrected chi connectivity index (χ2v) is 3.56. The van der Waals surface area contributed by atoms with Crippen LogP contribution in [0.25, 0.3) is 10.2 Å². The van der Waals surface area contributed by atoms with Crippen molar-refractivity contribution in [3.8, 4) is 5.75 Å². The number of thiazole rings is 1. The highest BCUT2D eigenvalue weighted by atomic mass is 32.1. The highest BCUT2D eigenvalue weighted by molar-refractivity contribution is 7.17. The van der Waals surface area contributed by atoms with Crippen LogP contribution in [0.2, 0.25) is 0 Å². The summed E-state index contributed by atoms with van der Waals surface area (Å²) in [6.07, 6.45) is 0. The van der Waals surface area contributed by atoms with Crippen LogP contribution in [0.5, 0.6) is 5.75 Å². The lowest BCUT2D eigenvalue weighted by molar-refractivity contribution is 0.0999. The van der Waals surface area contributed by atoms with Crippen LogP contribution in [0.15, 0.2) is 17.6 Å². The molecule has 0 bridgehead atoms. The van der Waals surface area contributed by atoms with Gasteiger partial charge in [-0.05, 0) is 12.1 Å². The number of benzene rings is 1. The number of ether oxygens (including phenoxy) is 1. The van der Waals surface area contributed by atoms with Crippen molar-refractivity contribution < 1.29 is 9.53 Å². The summed E-state index contributed by atoms with van der Waals surface area (Å²) in [5, 5.41) is 0. The Balaban J connectivity index is 2.82. The lowest BCUT2D eigenvalue weighted by Gasteiger charge is -2.04. The first kappa shape index (κ1) is 8.96. The number of carbonyl (C=O) groups is 1. The van der Waals surface area contributed by atoms with Crippen LogP contribution < -0.4 is 10.5 Å². The van der Waals surface area contributed by atoms with Gasteiger partial charge >= 0.3 is 0 Å². The molecule has 2 rings (SSSR count). The lowest BCUT2D eigenvalue weighted by Crippen LogP contribution is -2.12. The number of amides is 1. The summed E-state index contributed by atoms with van der Waals surface area (Å²) in [6.45, 7) is 0. The second-order valence-electron chi connectivity index (χ2n) is 2.71. The number of nitrogens with two attached hydrogens (primary N) is 1. The van der Waals surface area contributed by atoms with Crippen molar-refractivity contribution in [1.82, 2.24) is 4.98 Å². The number of carbonyl (C=O) groups excluding carboxylic acids is 1. The molecule has 2 aromatic rings. The molecule has 0 saturated heterocycles. The van der Waals surface area contributed by atoms with Crippen molar-refractivity contribution in [1.29, 1.82) is 0 Å². The molecule has 0 spiro atoms. The molecule has 0 fully saturated rings. The molecule has 0 aliphatic heterocycles. The largest absolute Gasteiger partial charge is 0.496 e. The summed E-state index contributed by atoms with van der Waals surface area (Å²) in [6, 6.07) is 3.50. The van der Waals surface area contributed by atoms with Crippen LogP contribution in [-0.4, -0.2) is 18.0 Å². The molecule has 0 aliphatic carbocycles. The Morgan fingerprint density at radius 1 is 1.57 bits per heavy atom. The summed E-state index contributed by atoms with van der Waals surface area (Å²) in [5.74, 6) is 0.00551. The van der Waals surface area contributed by atoms with Gasteiger partial charge in [0, 0.05) is 0 Å². The Morgan fingerprint density at radius 3 is 3.00 bits per heavy atom. The Kier molecular flexibility index (Phi) is 2.09. The first-order valence-corrected chi connectivity index (χ1v) is 4.82. The summed E-state index contributed by atoms with van der Waals surface area (Å²) < 4.78 is 5.84. The zero-order chi connectivity index (χ0) is 10.1. The van der Waals surface area contributed by atoms with Gasteiger partial charge in [0.2, 0.25) is 0 Å². The first-order chi connectivity index (χ1) is 6.74.